The van der Waals surface area contributed by atoms with Gasteiger partial charge in [0.25, 0.3) is 5.91 Å². The number of piperidine rings is 1. The average Bonchev–Trinajstić information content (AvgIpc) is 3.39. The molecule has 2 amide bonds. The predicted octanol–water partition coefficient (Wildman–Crippen LogP) is 3.89. The van der Waals surface area contributed by atoms with Gasteiger partial charge in [0.15, 0.2) is 5.69 Å². The van der Waals surface area contributed by atoms with E-state index in [-0.39, 0.29) is 23.5 Å². The fourth-order valence-electron chi connectivity index (χ4n) is 4.28. The van der Waals surface area contributed by atoms with Crippen LogP contribution in [-0.4, -0.2) is 55.9 Å². The van der Waals surface area contributed by atoms with Crippen LogP contribution in [0.4, 0.5) is 0 Å². The summed E-state index contributed by atoms with van der Waals surface area (Å²) in [5.74, 6) is 0.347. The molecule has 9 heteroatoms. The van der Waals surface area contributed by atoms with E-state index in [9.17, 15) is 9.59 Å². The van der Waals surface area contributed by atoms with Gasteiger partial charge >= 0.3 is 0 Å². The van der Waals surface area contributed by atoms with Crippen LogP contribution in [0, 0.1) is 6.92 Å². The number of ether oxygens (including phenoxy) is 1. The Balaban J connectivity index is 1.44. The molecule has 37 heavy (non-hydrogen) atoms. The van der Waals surface area contributed by atoms with Crippen molar-refractivity contribution in [3.8, 4) is 16.9 Å². The van der Waals surface area contributed by atoms with Crippen LogP contribution in [0.3, 0.4) is 0 Å². The standard InChI is InChI=1S/C28H34N6O3/c1-6-26(35)33-13-7-8-22(17-33)37-25-16-29-12-11-23(25)20-9-10-21(19(2)14-20)15-30-27(36)24-18-34(32-31-24)28(3,4)5/h6,9-12,14,16,18,22H,1,7-8,13,15,17H2,2-5H3,(H,30,36). The lowest BCUT2D eigenvalue weighted by atomic mass is 9.99. The van der Waals surface area contributed by atoms with Gasteiger partial charge < -0.3 is 15.0 Å². The Hall–Kier alpha value is -4.01. The van der Waals surface area contributed by atoms with E-state index in [4.69, 9.17) is 4.74 Å². The molecule has 0 saturated carbocycles. The second kappa shape index (κ2) is 10.9. The first-order valence-corrected chi connectivity index (χ1v) is 12.5. The molecular weight excluding hydrogens is 468 g/mol. The minimum absolute atomic E-state index is 0.0724. The molecule has 1 saturated heterocycles. The van der Waals surface area contributed by atoms with Crippen molar-refractivity contribution in [3.05, 3.63) is 72.3 Å². The zero-order valence-electron chi connectivity index (χ0n) is 21.9. The van der Waals surface area contributed by atoms with E-state index < -0.39 is 0 Å². The fraction of sp³-hybridized carbons (Fsp3) is 0.393. The summed E-state index contributed by atoms with van der Waals surface area (Å²) in [7, 11) is 0. The van der Waals surface area contributed by atoms with Crippen LogP contribution in [0.1, 0.15) is 55.2 Å². The highest BCUT2D eigenvalue weighted by Crippen LogP contribution is 2.32. The monoisotopic (exact) mass is 502 g/mol. The van der Waals surface area contributed by atoms with Crippen molar-refractivity contribution in [2.45, 2.75) is 58.7 Å². The number of hydrogen-bond acceptors (Lipinski definition) is 6. The minimum atomic E-state index is -0.264. The average molecular weight is 503 g/mol. The summed E-state index contributed by atoms with van der Waals surface area (Å²) in [6, 6.07) is 8.03. The quantitative estimate of drug-likeness (QED) is 0.492. The van der Waals surface area contributed by atoms with E-state index in [0.717, 1.165) is 41.6 Å². The van der Waals surface area contributed by atoms with Gasteiger partial charge in [-0.25, -0.2) is 4.68 Å². The van der Waals surface area contributed by atoms with Gasteiger partial charge in [-0.05, 0) is 69.4 Å². The Kier molecular flexibility index (Phi) is 7.71. The normalized spacial score (nSPS) is 15.8. The van der Waals surface area contributed by atoms with Crippen LogP contribution in [-0.2, 0) is 16.9 Å². The van der Waals surface area contributed by atoms with E-state index >= 15 is 0 Å². The lowest BCUT2D eigenvalue weighted by Gasteiger charge is -2.32. The van der Waals surface area contributed by atoms with Crippen molar-refractivity contribution >= 4 is 11.8 Å². The second-order valence-electron chi connectivity index (χ2n) is 10.3. The van der Waals surface area contributed by atoms with Crippen molar-refractivity contribution in [2.75, 3.05) is 13.1 Å². The van der Waals surface area contributed by atoms with E-state index in [0.29, 0.717) is 24.5 Å². The summed E-state index contributed by atoms with van der Waals surface area (Å²) in [5.41, 5.74) is 4.01. The summed E-state index contributed by atoms with van der Waals surface area (Å²) >= 11 is 0. The van der Waals surface area contributed by atoms with Gasteiger partial charge in [-0.3, -0.25) is 14.6 Å². The van der Waals surface area contributed by atoms with Gasteiger partial charge in [-0.15, -0.1) is 5.10 Å². The van der Waals surface area contributed by atoms with Crippen LogP contribution in [0.25, 0.3) is 11.1 Å². The van der Waals surface area contributed by atoms with E-state index in [2.05, 4.69) is 33.3 Å². The molecule has 1 aliphatic rings. The molecule has 1 N–H and O–H groups in total. The Bertz CT molecular complexity index is 1290. The number of rotatable bonds is 7. The Morgan fingerprint density at radius 2 is 2.08 bits per heavy atom. The zero-order chi connectivity index (χ0) is 26.6. The maximum atomic E-state index is 12.6. The van der Waals surface area contributed by atoms with Crippen molar-refractivity contribution in [3.63, 3.8) is 0 Å². The molecule has 1 fully saturated rings. The van der Waals surface area contributed by atoms with Gasteiger partial charge in [0, 0.05) is 24.8 Å². The number of amides is 2. The molecule has 1 aromatic carbocycles. The number of benzene rings is 1. The molecule has 1 aliphatic heterocycles. The van der Waals surface area contributed by atoms with Crippen LogP contribution in [0.5, 0.6) is 5.75 Å². The predicted molar refractivity (Wildman–Crippen MR) is 141 cm³/mol. The molecule has 0 spiro atoms. The number of likely N-dealkylation sites (tertiary alicyclic amines) is 1. The Morgan fingerprint density at radius 3 is 2.78 bits per heavy atom. The molecular formula is C28H34N6O3. The summed E-state index contributed by atoms with van der Waals surface area (Å²) < 4.78 is 8.01. The first-order valence-electron chi connectivity index (χ1n) is 12.5. The number of nitrogens with one attached hydrogen (secondary N) is 1. The highest BCUT2D eigenvalue weighted by molar-refractivity contribution is 5.91. The maximum Gasteiger partial charge on any atom is 0.273 e. The van der Waals surface area contributed by atoms with Crippen molar-refractivity contribution < 1.29 is 14.3 Å². The molecule has 0 aliphatic carbocycles. The lowest BCUT2D eigenvalue weighted by molar-refractivity contribution is -0.128. The second-order valence-corrected chi connectivity index (χ2v) is 10.3. The van der Waals surface area contributed by atoms with Crippen LogP contribution >= 0.6 is 0 Å². The summed E-state index contributed by atoms with van der Waals surface area (Å²) in [4.78, 5) is 30.7. The molecule has 0 bridgehead atoms. The SMILES string of the molecule is C=CC(=O)N1CCCC(Oc2cnccc2-c2ccc(CNC(=O)c3cn(C(C)(C)C)nn3)c(C)c2)C1. The number of carbonyl (C=O) groups is 2. The lowest BCUT2D eigenvalue weighted by Crippen LogP contribution is -2.43. The first kappa shape index (κ1) is 26.1. The summed E-state index contributed by atoms with van der Waals surface area (Å²) in [6.45, 7) is 13.2. The van der Waals surface area contributed by atoms with Crippen molar-refractivity contribution in [1.82, 2.24) is 30.2 Å². The van der Waals surface area contributed by atoms with Gasteiger partial charge in [0.05, 0.1) is 24.5 Å². The zero-order valence-corrected chi connectivity index (χ0v) is 21.9. The molecule has 0 radical (unpaired) electrons. The number of hydrogen-bond donors (Lipinski definition) is 1. The van der Waals surface area contributed by atoms with Crippen LogP contribution in [0.15, 0.2) is 55.5 Å². The number of nitrogens with zero attached hydrogens (tertiary/aromatic N) is 5. The number of carbonyl (C=O) groups excluding carboxylic acids is 2. The van der Waals surface area contributed by atoms with Crippen LogP contribution < -0.4 is 10.1 Å². The summed E-state index contributed by atoms with van der Waals surface area (Å²) in [6.07, 6.45) is 8.12. The third kappa shape index (κ3) is 6.22. The molecule has 2 aromatic heterocycles. The van der Waals surface area contributed by atoms with E-state index in [1.807, 2.05) is 45.9 Å². The van der Waals surface area contributed by atoms with Crippen molar-refractivity contribution in [1.29, 1.82) is 0 Å². The van der Waals surface area contributed by atoms with Gasteiger partial charge in [0.2, 0.25) is 5.91 Å². The minimum Gasteiger partial charge on any atom is -0.486 e. The molecule has 4 rings (SSSR count). The molecule has 1 unspecified atom stereocenters. The smallest absolute Gasteiger partial charge is 0.273 e. The molecule has 3 aromatic rings. The van der Waals surface area contributed by atoms with Gasteiger partial charge in [-0.2, -0.15) is 0 Å². The molecule has 3 heterocycles. The third-order valence-corrected chi connectivity index (χ3v) is 6.45. The van der Waals surface area contributed by atoms with Gasteiger partial charge in [-0.1, -0.05) is 30.0 Å². The number of aryl methyl sites for hydroxylation is 1. The van der Waals surface area contributed by atoms with Crippen molar-refractivity contribution in [2.24, 2.45) is 0 Å². The number of aromatic nitrogens is 4. The number of pyridine rings is 1. The third-order valence-electron chi connectivity index (χ3n) is 6.45. The van der Waals surface area contributed by atoms with Gasteiger partial charge in [0.1, 0.15) is 11.9 Å². The molecule has 1 atom stereocenters. The van der Waals surface area contributed by atoms with E-state index in [1.165, 1.54) is 6.08 Å². The topological polar surface area (TPSA) is 102 Å². The fourth-order valence-corrected chi connectivity index (χ4v) is 4.28. The first-order chi connectivity index (χ1) is 17.7. The Morgan fingerprint density at radius 1 is 1.27 bits per heavy atom. The largest absolute Gasteiger partial charge is 0.486 e. The highest BCUT2D eigenvalue weighted by Gasteiger charge is 2.24. The molecule has 194 valence electrons. The highest BCUT2D eigenvalue weighted by atomic mass is 16.5. The van der Waals surface area contributed by atoms with E-state index in [1.54, 1.807) is 28.2 Å². The van der Waals surface area contributed by atoms with Crippen LogP contribution in [0.2, 0.25) is 0 Å². The summed E-state index contributed by atoms with van der Waals surface area (Å²) in [5, 5.41) is 11.0. The Labute approximate surface area is 217 Å². The molecule has 9 nitrogen and oxygen atoms in total. The maximum absolute atomic E-state index is 12.6.